The van der Waals surface area contributed by atoms with Gasteiger partial charge in [0.2, 0.25) is 5.16 Å². The zero-order valence-corrected chi connectivity index (χ0v) is 10.4. The lowest BCUT2D eigenvalue weighted by Gasteiger charge is -2.08. The SMILES string of the molecule is COC(=O)C(N)CCSc1nnnn1C1CC1. The van der Waals surface area contributed by atoms with Gasteiger partial charge in [-0.15, -0.1) is 5.10 Å². The van der Waals surface area contributed by atoms with E-state index in [1.54, 1.807) is 0 Å². The molecule has 0 aromatic carbocycles. The van der Waals surface area contributed by atoms with Crippen LogP contribution >= 0.6 is 11.8 Å². The van der Waals surface area contributed by atoms with Gasteiger partial charge < -0.3 is 10.5 Å². The third kappa shape index (κ3) is 3.16. The first-order chi connectivity index (χ1) is 8.22. The van der Waals surface area contributed by atoms with Crippen LogP contribution in [0.15, 0.2) is 5.16 Å². The number of carbonyl (C=O) groups excluding carboxylic acids is 1. The number of tetrazole rings is 1. The molecule has 1 unspecified atom stereocenters. The molecule has 0 saturated heterocycles. The summed E-state index contributed by atoms with van der Waals surface area (Å²) in [4.78, 5) is 11.1. The Labute approximate surface area is 103 Å². The fraction of sp³-hybridized carbons (Fsp3) is 0.778. The zero-order chi connectivity index (χ0) is 12.3. The lowest BCUT2D eigenvalue weighted by molar-refractivity contribution is -0.142. The van der Waals surface area contributed by atoms with Crippen LogP contribution in [0.2, 0.25) is 0 Å². The minimum Gasteiger partial charge on any atom is -0.468 e. The van der Waals surface area contributed by atoms with E-state index in [1.165, 1.54) is 18.9 Å². The topological polar surface area (TPSA) is 95.9 Å². The third-order valence-electron chi connectivity index (χ3n) is 2.52. The van der Waals surface area contributed by atoms with Crippen molar-refractivity contribution in [1.29, 1.82) is 0 Å². The number of thioether (sulfide) groups is 1. The first-order valence-corrected chi connectivity index (χ1v) is 6.45. The van der Waals surface area contributed by atoms with Crippen molar-refractivity contribution in [1.82, 2.24) is 20.2 Å². The van der Waals surface area contributed by atoms with Crippen LogP contribution in [0.25, 0.3) is 0 Å². The van der Waals surface area contributed by atoms with Crippen LogP contribution in [-0.2, 0) is 9.53 Å². The Morgan fingerprint density at radius 2 is 2.47 bits per heavy atom. The number of ether oxygens (including phenoxy) is 1. The second kappa shape index (κ2) is 5.46. The van der Waals surface area contributed by atoms with Crippen LogP contribution in [0.4, 0.5) is 0 Å². The molecule has 17 heavy (non-hydrogen) atoms. The summed E-state index contributed by atoms with van der Waals surface area (Å²) >= 11 is 1.52. The summed E-state index contributed by atoms with van der Waals surface area (Å²) in [6, 6.07) is -0.112. The van der Waals surface area contributed by atoms with Gasteiger partial charge in [0.15, 0.2) is 0 Å². The molecule has 1 heterocycles. The quantitative estimate of drug-likeness (QED) is 0.565. The van der Waals surface area contributed by atoms with Gasteiger partial charge in [0.1, 0.15) is 6.04 Å². The predicted molar refractivity (Wildman–Crippen MR) is 61.4 cm³/mol. The van der Waals surface area contributed by atoms with Gasteiger partial charge >= 0.3 is 5.97 Å². The molecular formula is C9H15N5O2S. The Bertz CT molecular complexity index is 392. The monoisotopic (exact) mass is 257 g/mol. The summed E-state index contributed by atoms with van der Waals surface area (Å²) in [5.74, 6) is 0.316. The van der Waals surface area contributed by atoms with Crippen molar-refractivity contribution in [3.63, 3.8) is 0 Å². The Balaban J connectivity index is 1.78. The van der Waals surface area contributed by atoms with Crippen molar-refractivity contribution >= 4 is 17.7 Å². The van der Waals surface area contributed by atoms with E-state index in [4.69, 9.17) is 5.73 Å². The second-order valence-corrected chi connectivity index (χ2v) is 4.97. The highest BCUT2D eigenvalue weighted by molar-refractivity contribution is 7.99. The first kappa shape index (κ1) is 12.3. The smallest absolute Gasteiger partial charge is 0.322 e. The van der Waals surface area contributed by atoms with Crippen molar-refractivity contribution in [3.05, 3.63) is 0 Å². The van der Waals surface area contributed by atoms with Gasteiger partial charge in [0.25, 0.3) is 0 Å². The molecule has 1 aromatic rings. The maximum atomic E-state index is 11.1. The van der Waals surface area contributed by atoms with Crippen molar-refractivity contribution in [3.8, 4) is 0 Å². The molecule has 0 spiro atoms. The molecule has 1 aliphatic rings. The van der Waals surface area contributed by atoms with Crippen LogP contribution in [0.3, 0.4) is 0 Å². The predicted octanol–water partition coefficient (Wildman–Crippen LogP) is -0.00950. The molecule has 0 amide bonds. The molecule has 1 atom stereocenters. The standard InChI is InChI=1S/C9H15N5O2S/c1-16-8(15)7(10)4-5-17-9-11-12-13-14(9)6-2-3-6/h6-7H,2-5,10H2,1H3. The molecule has 1 aliphatic carbocycles. The molecule has 94 valence electrons. The molecule has 1 aromatic heterocycles. The van der Waals surface area contributed by atoms with Crippen LogP contribution in [0.1, 0.15) is 25.3 Å². The summed E-state index contributed by atoms with van der Waals surface area (Å²) in [5.41, 5.74) is 5.63. The van der Waals surface area contributed by atoms with Crippen LogP contribution in [0, 0.1) is 0 Å². The summed E-state index contributed by atoms with van der Waals surface area (Å²) < 4.78 is 6.39. The van der Waals surface area contributed by atoms with E-state index < -0.39 is 6.04 Å². The van der Waals surface area contributed by atoms with Gasteiger partial charge in [-0.2, -0.15) is 0 Å². The zero-order valence-electron chi connectivity index (χ0n) is 9.57. The number of esters is 1. The fourth-order valence-electron chi connectivity index (χ4n) is 1.38. The van der Waals surface area contributed by atoms with Gasteiger partial charge in [-0.25, -0.2) is 4.68 Å². The van der Waals surface area contributed by atoms with Crippen LogP contribution in [0.5, 0.6) is 0 Å². The normalized spacial score (nSPS) is 16.8. The first-order valence-electron chi connectivity index (χ1n) is 5.46. The number of rotatable bonds is 6. The molecule has 0 bridgehead atoms. The highest BCUT2D eigenvalue weighted by atomic mass is 32.2. The molecule has 2 rings (SSSR count). The molecule has 8 heteroatoms. The summed E-state index contributed by atoms with van der Waals surface area (Å²) in [7, 11) is 1.34. The maximum absolute atomic E-state index is 11.1. The third-order valence-corrected chi connectivity index (χ3v) is 3.49. The minimum atomic E-state index is -0.572. The highest BCUT2D eigenvalue weighted by Gasteiger charge is 2.27. The van der Waals surface area contributed by atoms with Gasteiger partial charge in [0, 0.05) is 5.75 Å². The van der Waals surface area contributed by atoms with Gasteiger partial charge in [-0.1, -0.05) is 11.8 Å². The summed E-state index contributed by atoms with van der Waals surface area (Å²) in [6.45, 7) is 0. The summed E-state index contributed by atoms with van der Waals surface area (Å²) in [6.07, 6.45) is 2.83. The molecule has 0 aliphatic heterocycles. The summed E-state index contributed by atoms with van der Waals surface area (Å²) in [5, 5.41) is 12.3. The molecular weight excluding hydrogens is 242 g/mol. The average molecular weight is 257 g/mol. The van der Waals surface area contributed by atoms with E-state index in [2.05, 4.69) is 20.3 Å². The van der Waals surface area contributed by atoms with Crippen molar-refractivity contribution in [2.45, 2.75) is 36.5 Å². The molecule has 1 saturated carbocycles. The van der Waals surface area contributed by atoms with Crippen LogP contribution in [-0.4, -0.2) is 45.1 Å². The van der Waals surface area contributed by atoms with Gasteiger partial charge in [-0.3, -0.25) is 4.79 Å². The van der Waals surface area contributed by atoms with E-state index in [0.29, 0.717) is 18.2 Å². The van der Waals surface area contributed by atoms with Crippen molar-refractivity contribution in [2.24, 2.45) is 5.73 Å². The molecule has 0 radical (unpaired) electrons. The number of nitrogens with zero attached hydrogens (tertiary/aromatic N) is 4. The van der Waals surface area contributed by atoms with E-state index in [9.17, 15) is 4.79 Å². The highest BCUT2D eigenvalue weighted by Crippen LogP contribution is 2.36. The van der Waals surface area contributed by atoms with E-state index >= 15 is 0 Å². The lowest BCUT2D eigenvalue weighted by atomic mass is 10.2. The minimum absolute atomic E-state index is 0.382. The number of hydrogen-bond acceptors (Lipinski definition) is 7. The Morgan fingerprint density at radius 3 is 3.12 bits per heavy atom. The van der Waals surface area contributed by atoms with E-state index in [-0.39, 0.29) is 5.97 Å². The Hall–Kier alpha value is -1.15. The molecule has 1 fully saturated rings. The maximum Gasteiger partial charge on any atom is 0.322 e. The number of carbonyl (C=O) groups is 1. The Morgan fingerprint density at radius 1 is 1.71 bits per heavy atom. The largest absolute Gasteiger partial charge is 0.468 e. The number of hydrogen-bond donors (Lipinski definition) is 1. The second-order valence-electron chi connectivity index (χ2n) is 3.90. The van der Waals surface area contributed by atoms with Crippen molar-refractivity contribution in [2.75, 3.05) is 12.9 Å². The average Bonchev–Trinajstić information content (AvgIpc) is 3.08. The number of nitrogens with two attached hydrogens (primary N) is 1. The van der Waals surface area contributed by atoms with Gasteiger partial charge in [0.05, 0.1) is 13.2 Å². The van der Waals surface area contributed by atoms with Gasteiger partial charge in [-0.05, 0) is 29.7 Å². The number of methoxy groups -OCH3 is 1. The molecule has 7 nitrogen and oxygen atoms in total. The molecule has 2 N–H and O–H groups in total. The fourth-order valence-corrected chi connectivity index (χ4v) is 2.34. The van der Waals surface area contributed by atoms with E-state index in [1.807, 2.05) is 4.68 Å². The Kier molecular flexibility index (Phi) is 3.95. The lowest BCUT2D eigenvalue weighted by Crippen LogP contribution is -2.32. The number of aromatic nitrogens is 4. The van der Waals surface area contributed by atoms with Crippen molar-refractivity contribution < 1.29 is 9.53 Å². The van der Waals surface area contributed by atoms with E-state index in [0.717, 1.165) is 18.0 Å². The van der Waals surface area contributed by atoms with Crippen LogP contribution < -0.4 is 5.73 Å².